The molecule has 0 bridgehead atoms. The quantitative estimate of drug-likeness (QED) is 0.851. The molecule has 6 heteroatoms. The average Bonchev–Trinajstić information content (AvgIpc) is 2.26. The molecule has 1 unspecified atom stereocenters. The molecule has 0 aromatic heterocycles. The fourth-order valence-electron chi connectivity index (χ4n) is 1.95. The topological polar surface area (TPSA) is 63.4 Å². The van der Waals surface area contributed by atoms with Crippen LogP contribution >= 0.6 is 11.6 Å². The van der Waals surface area contributed by atoms with Gasteiger partial charge in [-0.15, -0.1) is 0 Å². The number of nitrogens with zero attached hydrogens (tertiary/aromatic N) is 1. The van der Waals surface area contributed by atoms with Gasteiger partial charge in [-0.1, -0.05) is 25.4 Å². The van der Waals surface area contributed by atoms with Gasteiger partial charge in [0.15, 0.2) is 0 Å². The van der Waals surface area contributed by atoms with Crippen LogP contribution in [0.15, 0.2) is 23.1 Å². The summed E-state index contributed by atoms with van der Waals surface area (Å²) in [6.07, 6.45) is 0.794. The Hall–Kier alpha value is -0.780. The van der Waals surface area contributed by atoms with E-state index in [1.807, 2.05) is 6.92 Å². The van der Waals surface area contributed by atoms with Crippen molar-refractivity contribution in [1.29, 1.82) is 0 Å². The molecule has 1 aromatic carbocycles. The first-order valence-electron chi connectivity index (χ1n) is 6.19. The Balaban J connectivity index is 3.09. The lowest BCUT2D eigenvalue weighted by Crippen LogP contribution is -2.36. The minimum atomic E-state index is -3.59. The van der Waals surface area contributed by atoms with E-state index in [9.17, 15) is 8.42 Å². The minimum absolute atomic E-state index is 0.0846. The van der Waals surface area contributed by atoms with Crippen molar-refractivity contribution in [3.8, 4) is 0 Å². The van der Waals surface area contributed by atoms with Crippen molar-refractivity contribution in [2.24, 2.45) is 5.92 Å². The van der Waals surface area contributed by atoms with Gasteiger partial charge in [0.1, 0.15) is 4.90 Å². The molecule has 1 atom stereocenters. The van der Waals surface area contributed by atoms with E-state index >= 15 is 0 Å². The lowest BCUT2D eigenvalue weighted by molar-refractivity contribution is 0.338. The van der Waals surface area contributed by atoms with Gasteiger partial charge in [0.05, 0.1) is 5.02 Å². The first-order valence-corrected chi connectivity index (χ1v) is 8.01. The van der Waals surface area contributed by atoms with Crippen LogP contribution in [-0.2, 0) is 10.0 Å². The Morgan fingerprint density at radius 1 is 1.32 bits per heavy atom. The predicted molar refractivity (Wildman–Crippen MR) is 79.7 cm³/mol. The van der Waals surface area contributed by atoms with Gasteiger partial charge in [-0.3, -0.25) is 0 Å². The summed E-state index contributed by atoms with van der Waals surface area (Å²) in [4.78, 5) is 0.0986. The summed E-state index contributed by atoms with van der Waals surface area (Å²) in [6, 6.07) is 4.36. The Labute approximate surface area is 120 Å². The first kappa shape index (κ1) is 16.3. The fraction of sp³-hybridized carbons (Fsp3) is 0.538. The first-order chi connectivity index (χ1) is 8.66. The van der Waals surface area contributed by atoms with Gasteiger partial charge < -0.3 is 5.73 Å². The summed E-state index contributed by atoms with van der Waals surface area (Å²) in [5.74, 6) is 0.425. The number of halogens is 1. The van der Waals surface area contributed by atoms with Crippen LogP contribution in [0.25, 0.3) is 0 Å². The number of hydrogen-bond donors (Lipinski definition) is 1. The molecule has 108 valence electrons. The summed E-state index contributed by atoms with van der Waals surface area (Å²) >= 11 is 5.98. The number of benzene rings is 1. The standard InChI is InChI=1S/C13H21ClN2O2S/c1-9(2)7-10(3)16(4)19(17,18)13-6-5-11(15)8-12(13)14/h5-6,8-10H,7,15H2,1-4H3. The molecule has 2 N–H and O–H groups in total. The maximum atomic E-state index is 12.5. The van der Waals surface area contributed by atoms with Gasteiger partial charge in [-0.05, 0) is 37.5 Å². The van der Waals surface area contributed by atoms with Crippen LogP contribution in [0.1, 0.15) is 27.2 Å². The minimum Gasteiger partial charge on any atom is -0.399 e. The monoisotopic (exact) mass is 304 g/mol. The van der Waals surface area contributed by atoms with E-state index in [4.69, 9.17) is 17.3 Å². The van der Waals surface area contributed by atoms with Crippen molar-refractivity contribution in [1.82, 2.24) is 4.31 Å². The number of rotatable bonds is 5. The molecule has 0 fully saturated rings. The normalized spacial score (nSPS) is 14.1. The Morgan fingerprint density at radius 2 is 1.89 bits per heavy atom. The van der Waals surface area contributed by atoms with Crippen LogP contribution in [0.2, 0.25) is 5.02 Å². The maximum Gasteiger partial charge on any atom is 0.244 e. The van der Waals surface area contributed by atoms with Gasteiger partial charge in [0.2, 0.25) is 10.0 Å². The molecule has 4 nitrogen and oxygen atoms in total. The zero-order chi connectivity index (χ0) is 14.8. The molecule has 0 aliphatic carbocycles. The van der Waals surface area contributed by atoms with E-state index in [1.54, 1.807) is 13.1 Å². The van der Waals surface area contributed by atoms with Crippen LogP contribution in [0.5, 0.6) is 0 Å². The van der Waals surface area contributed by atoms with Gasteiger partial charge in [0, 0.05) is 18.8 Å². The van der Waals surface area contributed by atoms with Crippen molar-refractivity contribution in [3.63, 3.8) is 0 Å². The van der Waals surface area contributed by atoms with Crippen LogP contribution in [-0.4, -0.2) is 25.8 Å². The number of sulfonamides is 1. The van der Waals surface area contributed by atoms with E-state index in [1.165, 1.54) is 16.4 Å². The lowest BCUT2D eigenvalue weighted by atomic mass is 10.1. The van der Waals surface area contributed by atoms with Crippen molar-refractivity contribution in [2.45, 2.75) is 38.1 Å². The van der Waals surface area contributed by atoms with E-state index in [-0.39, 0.29) is 16.0 Å². The fourth-order valence-corrected chi connectivity index (χ4v) is 3.85. The van der Waals surface area contributed by atoms with E-state index in [2.05, 4.69) is 13.8 Å². The number of anilines is 1. The highest BCUT2D eigenvalue weighted by atomic mass is 35.5. The molecule has 0 aliphatic rings. The molecule has 1 aromatic rings. The van der Waals surface area contributed by atoms with Gasteiger partial charge in [-0.2, -0.15) is 4.31 Å². The number of nitrogen functional groups attached to an aromatic ring is 1. The zero-order valence-corrected chi connectivity index (χ0v) is 13.3. The number of hydrogen-bond acceptors (Lipinski definition) is 3. The molecular formula is C13H21ClN2O2S. The van der Waals surface area contributed by atoms with Crippen molar-refractivity contribution >= 4 is 27.3 Å². The van der Waals surface area contributed by atoms with Crippen LogP contribution in [0, 0.1) is 5.92 Å². The molecule has 1 rings (SSSR count). The summed E-state index contributed by atoms with van der Waals surface area (Å²) in [6.45, 7) is 6.02. The second-order valence-corrected chi connectivity index (χ2v) is 7.56. The third-order valence-electron chi connectivity index (χ3n) is 3.05. The Bertz CT molecular complexity index is 544. The highest BCUT2D eigenvalue weighted by Gasteiger charge is 2.27. The second kappa shape index (κ2) is 6.11. The average molecular weight is 305 g/mol. The zero-order valence-electron chi connectivity index (χ0n) is 11.7. The summed E-state index contributed by atoms with van der Waals surface area (Å²) in [5.41, 5.74) is 6.03. The highest BCUT2D eigenvalue weighted by molar-refractivity contribution is 7.89. The SMILES string of the molecule is CC(C)CC(C)N(C)S(=O)(=O)c1ccc(N)cc1Cl. The third kappa shape index (κ3) is 3.84. The third-order valence-corrected chi connectivity index (χ3v) is 5.50. The molecular weight excluding hydrogens is 284 g/mol. The largest absolute Gasteiger partial charge is 0.399 e. The summed E-state index contributed by atoms with van der Waals surface area (Å²) in [7, 11) is -2.01. The number of nitrogens with two attached hydrogens (primary N) is 1. The molecule has 0 heterocycles. The highest BCUT2D eigenvalue weighted by Crippen LogP contribution is 2.27. The molecule has 0 amide bonds. The molecule has 0 saturated carbocycles. The van der Waals surface area contributed by atoms with Gasteiger partial charge in [-0.25, -0.2) is 8.42 Å². The smallest absolute Gasteiger partial charge is 0.244 e. The van der Waals surface area contributed by atoms with Gasteiger partial charge >= 0.3 is 0 Å². The summed E-state index contributed by atoms with van der Waals surface area (Å²) < 4.78 is 26.3. The van der Waals surface area contributed by atoms with E-state index in [0.29, 0.717) is 11.6 Å². The molecule has 0 saturated heterocycles. The maximum absolute atomic E-state index is 12.5. The van der Waals surface area contributed by atoms with Crippen LogP contribution in [0.3, 0.4) is 0 Å². The Morgan fingerprint density at radius 3 is 2.37 bits per heavy atom. The second-order valence-electron chi connectivity index (χ2n) is 5.19. The molecule has 0 spiro atoms. The van der Waals surface area contributed by atoms with Crippen molar-refractivity contribution in [2.75, 3.05) is 12.8 Å². The van der Waals surface area contributed by atoms with E-state index < -0.39 is 10.0 Å². The lowest BCUT2D eigenvalue weighted by Gasteiger charge is -2.26. The summed E-state index contributed by atoms with van der Waals surface area (Å²) in [5, 5.41) is 0.156. The van der Waals surface area contributed by atoms with Crippen LogP contribution < -0.4 is 5.73 Å². The predicted octanol–water partition coefficient (Wildman–Crippen LogP) is 2.98. The van der Waals surface area contributed by atoms with Crippen LogP contribution in [0.4, 0.5) is 5.69 Å². The van der Waals surface area contributed by atoms with Crippen molar-refractivity contribution < 1.29 is 8.42 Å². The van der Waals surface area contributed by atoms with E-state index in [0.717, 1.165) is 6.42 Å². The van der Waals surface area contributed by atoms with Crippen molar-refractivity contribution in [3.05, 3.63) is 23.2 Å². The van der Waals surface area contributed by atoms with Gasteiger partial charge in [0.25, 0.3) is 0 Å². The molecule has 0 aliphatic heterocycles. The molecule has 0 radical (unpaired) electrons. The Kier molecular flexibility index (Phi) is 5.24. The molecule has 19 heavy (non-hydrogen) atoms.